The van der Waals surface area contributed by atoms with E-state index < -0.39 is 17.9 Å². The second-order valence-corrected chi connectivity index (χ2v) is 8.44. The molecule has 1 fully saturated rings. The molecule has 3 aromatic rings. The van der Waals surface area contributed by atoms with Crippen molar-refractivity contribution in [3.63, 3.8) is 0 Å². The van der Waals surface area contributed by atoms with Gasteiger partial charge in [0.15, 0.2) is 5.76 Å². The molecular weight excluding hydrogens is 432 g/mol. The van der Waals surface area contributed by atoms with Crippen molar-refractivity contribution in [3.8, 4) is 0 Å². The number of benzene rings is 1. The van der Waals surface area contributed by atoms with Gasteiger partial charge in [0.05, 0.1) is 12.8 Å². The molecule has 2 N–H and O–H groups in total. The number of rotatable bonds is 8. The van der Waals surface area contributed by atoms with Crippen LogP contribution < -0.4 is 15.5 Å². The zero-order valence-corrected chi connectivity index (χ0v) is 19.1. The fourth-order valence-corrected chi connectivity index (χ4v) is 4.26. The minimum atomic E-state index is -0.941. The fourth-order valence-electron chi connectivity index (χ4n) is 4.26. The van der Waals surface area contributed by atoms with Crippen LogP contribution in [-0.4, -0.2) is 35.3 Å². The number of hydrogen-bond donors (Lipinski definition) is 2. The number of carbonyl (C=O) groups is 3. The number of amides is 3. The number of nitrogens with zero attached hydrogens (tertiary/aromatic N) is 2. The predicted octanol–water partition coefficient (Wildman–Crippen LogP) is 3.55. The maximum Gasteiger partial charge on any atom is 0.287 e. The predicted molar refractivity (Wildman–Crippen MR) is 127 cm³/mol. The van der Waals surface area contributed by atoms with Gasteiger partial charge >= 0.3 is 0 Å². The van der Waals surface area contributed by atoms with Crippen LogP contribution >= 0.6 is 0 Å². The number of nitrogens with one attached hydrogen (secondary N) is 2. The van der Waals surface area contributed by atoms with E-state index in [4.69, 9.17) is 4.42 Å². The Balaban J connectivity index is 1.66. The van der Waals surface area contributed by atoms with Crippen LogP contribution in [-0.2, 0) is 9.59 Å². The van der Waals surface area contributed by atoms with Crippen molar-refractivity contribution < 1.29 is 18.8 Å². The highest BCUT2D eigenvalue weighted by Crippen LogP contribution is 2.29. The summed E-state index contributed by atoms with van der Waals surface area (Å²) in [5.74, 6) is -1.10. The molecular formula is C26H28N4O4. The average Bonchev–Trinajstić information content (AvgIpc) is 3.56. The van der Waals surface area contributed by atoms with Crippen LogP contribution in [0.5, 0.6) is 0 Å². The molecule has 0 aliphatic heterocycles. The molecule has 1 aliphatic carbocycles. The lowest BCUT2D eigenvalue weighted by atomic mass is 10.0. The average molecular weight is 461 g/mol. The molecule has 0 unspecified atom stereocenters. The van der Waals surface area contributed by atoms with Gasteiger partial charge in [0.1, 0.15) is 6.04 Å². The van der Waals surface area contributed by atoms with E-state index in [0.717, 1.165) is 31.2 Å². The van der Waals surface area contributed by atoms with Crippen molar-refractivity contribution in [1.82, 2.24) is 15.6 Å². The Morgan fingerprint density at radius 1 is 1.12 bits per heavy atom. The van der Waals surface area contributed by atoms with Crippen molar-refractivity contribution in [3.05, 3.63) is 84.1 Å². The smallest absolute Gasteiger partial charge is 0.287 e. The van der Waals surface area contributed by atoms with E-state index in [-0.39, 0.29) is 24.3 Å². The summed E-state index contributed by atoms with van der Waals surface area (Å²) in [6.07, 6.45) is 8.59. The minimum absolute atomic E-state index is 0.0831. The molecule has 176 valence electrons. The zero-order chi connectivity index (χ0) is 23.9. The third-order valence-corrected chi connectivity index (χ3v) is 5.90. The number of hydrogen-bond acceptors (Lipinski definition) is 5. The molecule has 0 radical (unpaired) electrons. The quantitative estimate of drug-likeness (QED) is 0.535. The molecule has 0 saturated heterocycles. The van der Waals surface area contributed by atoms with Crippen LogP contribution in [0.3, 0.4) is 0 Å². The van der Waals surface area contributed by atoms with Crippen molar-refractivity contribution in [1.29, 1.82) is 0 Å². The first kappa shape index (κ1) is 23.2. The van der Waals surface area contributed by atoms with E-state index in [2.05, 4.69) is 15.6 Å². The Hall–Kier alpha value is -3.94. The number of aromatic nitrogens is 1. The molecule has 1 saturated carbocycles. The lowest BCUT2D eigenvalue weighted by molar-refractivity contribution is -0.126. The maximum absolute atomic E-state index is 13.6. The van der Waals surface area contributed by atoms with E-state index in [1.807, 2.05) is 25.1 Å². The first-order valence-corrected chi connectivity index (χ1v) is 11.4. The van der Waals surface area contributed by atoms with Gasteiger partial charge in [-0.1, -0.05) is 31.0 Å². The van der Waals surface area contributed by atoms with Crippen LogP contribution in [0.1, 0.15) is 53.4 Å². The van der Waals surface area contributed by atoms with Crippen LogP contribution in [0, 0.1) is 6.92 Å². The monoisotopic (exact) mass is 460 g/mol. The third-order valence-electron chi connectivity index (χ3n) is 5.90. The number of furan rings is 1. The van der Waals surface area contributed by atoms with Crippen LogP contribution in [0.4, 0.5) is 5.69 Å². The van der Waals surface area contributed by atoms with Gasteiger partial charge in [-0.15, -0.1) is 0 Å². The maximum atomic E-state index is 13.6. The van der Waals surface area contributed by atoms with Crippen molar-refractivity contribution in [2.45, 2.75) is 44.7 Å². The standard InChI is InChI=1S/C26H28N4O4/c1-18-7-4-11-21(15-18)30(23(31)17-28-25(32)22-12-6-14-34-22)24(19-8-5-13-27-16-19)26(33)29-20-9-2-3-10-20/h4-8,11-16,20,24H,2-3,9-10,17H2,1H3,(H,28,32)(H,29,33)/t24-/m1/s1. The number of pyridine rings is 1. The summed E-state index contributed by atoms with van der Waals surface area (Å²) in [6, 6.07) is 13.2. The van der Waals surface area contributed by atoms with E-state index >= 15 is 0 Å². The van der Waals surface area contributed by atoms with Crippen LogP contribution in [0.2, 0.25) is 0 Å². The van der Waals surface area contributed by atoms with Gasteiger partial charge in [-0.25, -0.2) is 0 Å². The van der Waals surface area contributed by atoms with E-state index in [0.29, 0.717) is 11.3 Å². The van der Waals surface area contributed by atoms with Crippen molar-refractivity contribution >= 4 is 23.4 Å². The Kier molecular flexibility index (Phi) is 7.37. The number of anilines is 1. The normalized spacial score (nSPS) is 14.4. The molecule has 0 bridgehead atoms. The molecule has 2 aromatic heterocycles. The summed E-state index contributed by atoms with van der Waals surface area (Å²) in [6.45, 7) is 1.61. The lowest BCUT2D eigenvalue weighted by Gasteiger charge is -2.32. The molecule has 1 atom stereocenters. The lowest BCUT2D eigenvalue weighted by Crippen LogP contribution is -2.49. The molecule has 3 amide bonds. The van der Waals surface area contributed by atoms with E-state index in [1.54, 1.807) is 36.7 Å². The first-order chi connectivity index (χ1) is 16.5. The van der Waals surface area contributed by atoms with Gasteiger partial charge in [-0.3, -0.25) is 24.3 Å². The molecule has 8 heteroatoms. The van der Waals surface area contributed by atoms with Gasteiger partial charge in [0.25, 0.3) is 5.91 Å². The summed E-state index contributed by atoms with van der Waals surface area (Å²) in [4.78, 5) is 45.1. The summed E-state index contributed by atoms with van der Waals surface area (Å²) < 4.78 is 5.11. The second-order valence-electron chi connectivity index (χ2n) is 8.44. The Bertz CT molecular complexity index is 1120. The Labute approximate surface area is 198 Å². The molecule has 1 aliphatic rings. The molecule has 2 heterocycles. The summed E-state index contributed by atoms with van der Waals surface area (Å²) in [7, 11) is 0. The fraction of sp³-hybridized carbons (Fsp3) is 0.308. The second kappa shape index (κ2) is 10.8. The summed E-state index contributed by atoms with van der Waals surface area (Å²) >= 11 is 0. The Morgan fingerprint density at radius 3 is 2.62 bits per heavy atom. The molecule has 1 aromatic carbocycles. The van der Waals surface area contributed by atoms with Gasteiger partial charge in [-0.05, 0) is 55.7 Å². The summed E-state index contributed by atoms with van der Waals surface area (Å²) in [5, 5.41) is 5.72. The Morgan fingerprint density at radius 2 is 1.94 bits per heavy atom. The zero-order valence-electron chi connectivity index (χ0n) is 19.1. The molecule has 34 heavy (non-hydrogen) atoms. The van der Waals surface area contributed by atoms with Gasteiger partial charge in [0.2, 0.25) is 11.8 Å². The van der Waals surface area contributed by atoms with Crippen molar-refractivity contribution in [2.75, 3.05) is 11.4 Å². The molecule has 8 nitrogen and oxygen atoms in total. The number of carbonyl (C=O) groups excluding carboxylic acids is 3. The minimum Gasteiger partial charge on any atom is -0.459 e. The first-order valence-electron chi connectivity index (χ1n) is 11.4. The van der Waals surface area contributed by atoms with Gasteiger partial charge < -0.3 is 15.1 Å². The molecule has 0 spiro atoms. The van der Waals surface area contributed by atoms with Crippen molar-refractivity contribution in [2.24, 2.45) is 0 Å². The molecule has 4 rings (SSSR count). The number of aryl methyl sites for hydroxylation is 1. The van der Waals surface area contributed by atoms with Crippen LogP contribution in [0.25, 0.3) is 0 Å². The SMILES string of the molecule is Cc1cccc(N(C(=O)CNC(=O)c2ccco2)[C@@H](C(=O)NC2CCCC2)c2cccnc2)c1. The van der Waals surface area contributed by atoms with Gasteiger partial charge in [-0.2, -0.15) is 0 Å². The highest BCUT2D eigenvalue weighted by Gasteiger charge is 2.34. The van der Waals surface area contributed by atoms with E-state index in [1.165, 1.54) is 17.2 Å². The largest absolute Gasteiger partial charge is 0.459 e. The van der Waals surface area contributed by atoms with E-state index in [9.17, 15) is 14.4 Å². The highest BCUT2D eigenvalue weighted by atomic mass is 16.3. The third kappa shape index (κ3) is 5.51. The summed E-state index contributed by atoms with van der Waals surface area (Å²) in [5.41, 5.74) is 2.09. The van der Waals surface area contributed by atoms with Gasteiger partial charge in [0, 0.05) is 29.7 Å². The highest BCUT2D eigenvalue weighted by molar-refractivity contribution is 6.04. The topological polar surface area (TPSA) is 105 Å². The van der Waals surface area contributed by atoms with Crippen LogP contribution in [0.15, 0.2) is 71.6 Å².